The van der Waals surface area contributed by atoms with E-state index < -0.39 is 53.8 Å². The lowest BCUT2D eigenvalue weighted by Crippen LogP contribution is -2.33. The Morgan fingerprint density at radius 3 is 0.872 bits per heavy atom. The Morgan fingerprint density at radius 1 is 0.410 bits per heavy atom. The summed E-state index contributed by atoms with van der Waals surface area (Å²) < 4.78 is 0. The van der Waals surface area contributed by atoms with Gasteiger partial charge in [0.1, 0.15) is 65.5 Å². The predicted molar refractivity (Wildman–Crippen MR) is 133 cm³/mol. The lowest BCUT2D eigenvalue weighted by Gasteiger charge is -2.29. The Hall–Kier alpha value is -3.10. The lowest BCUT2D eigenvalue weighted by molar-refractivity contribution is 0.215. The number of nitrogens with zero attached hydrogens (tertiary/aromatic N) is 10. The molecule has 39 heavy (non-hydrogen) atoms. The molecular weight excluding hydrogens is 520 g/mol. The molecule has 0 aromatic carbocycles. The largest absolute Gasteiger partial charge is 0.376 e. The van der Waals surface area contributed by atoms with E-state index in [0.717, 1.165) is 26.0 Å². The van der Waals surface area contributed by atoms with E-state index in [2.05, 4.69) is 29.9 Å². The van der Waals surface area contributed by atoms with Crippen LogP contribution in [0.15, 0.2) is 0 Å². The minimum absolute atomic E-state index is 0.000768. The number of hydrogen-bond donors (Lipinski definition) is 8. The molecule has 216 valence electrons. The third-order valence-corrected chi connectivity index (χ3v) is 7.28. The highest BCUT2D eigenvalue weighted by atomic mass is 16.3. The van der Waals surface area contributed by atoms with E-state index >= 15 is 0 Å². The molecule has 4 unspecified atom stereocenters. The Bertz CT molecular complexity index is 943. The van der Waals surface area contributed by atoms with Gasteiger partial charge < -0.3 is 40.9 Å². The molecule has 2 aromatic rings. The van der Waals surface area contributed by atoms with E-state index in [9.17, 15) is 40.9 Å². The summed E-state index contributed by atoms with van der Waals surface area (Å²) in [5.41, 5.74) is 0. The Balaban J connectivity index is 1.64. The summed E-state index contributed by atoms with van der Waals surface area (Å²) in [5, 5.41) is 76.8. The van der Waals surface area contributed by atoms with Gasteiger partial charge >= 0.3 is 0 Å². The molecule has 4 atom stereocenters. The highest BCUT2D eigenvalue weighted by molar-refractivity contribution is 5.41. The number of aliphatic hydroxyl groups excluding tert-OH is 8. The van der Waals surface area contributed by atoms with E-state index in [1.54, 1.807) is 0 Å². The molecule has 2 aliphatic carbocycles. The number of rotatable bonds is 14. The Kier molecular flexibility index (Phi) is 9.51. The molecule has 8 N–H and O–H groups in total. The fourth-order valence-electron chi connectivity index (χ4n) is 5.23. The van der Waals surface area contributed by atoms with Gasteiger partial charge in [-0.2, -0.15) is 29.9 Å². The molecule has 2 saturated carbocycles. The van der Waals surface area contributed by atoms with E-state index in [1.807, 2.05) is 0 Å². The molecule has 2 aliphatic rings. The van der Waals surface area contributed by atoms with Gasteiger partial charge in [-0.25, -0.2) is 0 Å². The van der Waals surface area contributed by atoms with Gasteiger partial charge in [0.25, 0.3) is 0 Å². The van der Waals surface area contributed by atoms with Crippen molar-refractivity contribution in [3.05, 3.63) is 11.6 Å². The topological polar surface area (TPSA) is 252 Å². The zero-order valence-corrected chi connectivity index (χ0v) is 21.1. The number of aliphatic hydroxyl groups is 8. The fraction of sp³-hybridized carbons (Fsp3) is 0.714. The van der Waals surface area contributed by atoms with Crippen molar-refractivity contribution in [3.8, 4) is 0 Å². The second kappa shape index (κ2) is 12.8. The Labute approximate surface area is 223 Å². The predicted octanol–water partition coefficient (Wildman–Crippen LogP) is -3.82. The second-order valence-corrected chi connectivity index (χ2v) is 9.32. The van der Waals surface area contributed by atoms with Gasteiger partial charge in [0.15, 0.2) is 0 Å². The zero-order chi connectivity index (χ0) is 28.1. The molecule has 0 saturated heterocycles. The van der Waals surface area contributed by atoms with Gasteiger partial charge in [-0.15, -0.1) is 0 Å². The maximum atomic E-state index is 9.60. The Morgan fingerprint density at radius 2 is 0.667 bits per heavy atom. The summed E-state index contributed by atoms with van der Waals surface area (Å²) in [7, 11) is 0. The van der Waals surface area contributed by atoms with Crippen LogP contribution in [0.4, 0.5) is 23.8 Å². The van der Waals surface area contributed by atoms with Gasteiger partial charge in [0.05, 0.1) is 0 Å². The first-order valence-corrected chi connectivity index (χ1v) is 12.3. The third kappa shape index (κ3) is 5.77. The van der Waals surface area contributed by atoms with E-state index in [1.165, 1.54) is 0 Å². The molecule has 2 bridgehead atoms. The molecule has 2 fully saturated rings. The molecule has 4 rings (SSSR count). The summed E-state index contributed by atoms with van der Waals surface area (Å²) in [5.74, 6) is 0.743. The standard InChI is InChI=1S/C21H34N10O8/c32-4-28(5-33)18-22-16(23-19(26-18)29(6-34)7-35)14-2-12-1-13(14)3-15(12)17-24-20(30(8-36)9-37)27-21(25-17)31(10-38)11-39/h12-15,32-39H,1-11H2. The molecule has 18 heteroatoms. The minimum Gasteiger partial charge on any atom is -0.376 e. The molecule has 0 aliphatic heterocycles. The van der Waals surface area contributed by atoms with Crippen LogP contribution in [0.5, 0.6) is 0 Å². The van der Waals surface area contributed by atoms with Crippen LogP contribution in [-0.4, -0.2) is 125 Å². The molecule has 0 amide bonds. The summed E-state index contributed by atoms with van der Waals surface area (Å²) in [6, 6.07) is 0. The van der Waals surface area contributed by atoms with E-state index in [0.29, 0.717) is 24.5 Å². The zero-order valence-electron chi connectivity index (χ0n) is 21.1. The maximum absolute atomic E-state index is 9.60. The van der Waals surface area contributed by atoms with Crippen LogP contribution in [0.25, 0.3) is 0 Å². The molecule has 2 heterocycles. The van der Waals surface area contributed by atoms with Crippen molar-refractivity contribution < 1.29 is 40.9 Å². The monoisotopic (exact) mass is 554 g/mol. The van der Waals surface area contributed by atoms with Crippen LogP contribution in [-0.2, 0) is 0 Å². The van der Waals surface area contributed by atoms with Gasteiger partial charge in [0, 0.05) is 11.8 Å². The lowest BCUT2D eigenvalue weighted by atomic mass is 9.81. The van der Waals surface area contributed by atoms with Gasteiger partial charge in [-0.1, -0.05) is 0 Å². The van der Waals surface area contributed by atoms with Crippen LogP contribution in [0.1, 0.15) is 42.7 Å². The van der Waals surface area contributed by atoms with Crippen LogP contribution in [0.3, 0.4) is 0 Å². The molecule has 2 aromatic heterocycles. The van der Waals surface area contributed by atoms with Crippen LogP contribution in [0, 0.1) is 11.8 Å². The van der Waals surface area contributed by atoms with Gasteiger partial charge in [-0.05, 0) is 31.1 Å². The first-order valence-electron chi connectivity index (χ1n) is 12.3. The molecule has 0 spiro atoms. The van der Waals surface area contributed by atoms with Crippen molar-refractivity contribution in [2.75, 3.05) is 73.4 Å². The fourth-order valence-corrected chi connectivity index (χ4v) is 5.23. The second-order valence-electron chi connectivity index (χ2n) is 9.32. The number of hydrogen-bond acceptors (Lipinski definition) is 18. The van der Waals surface area contributed by atoms with Crippen LogP contribution < -0.4 is 19.6 Å². The van der Waals surface area contributed by atoms with E-state index in [-0.39, 0.29) is 47.5 Å². The maximum Gasteiger partial charge on any atom is 0.234 e. The smallest absolute Gasteiger partial charge is 0.234 e. The summed E-state index contributed by atoms with van der Waals surface area (Å²) in [6.45, 7) is -4.46. The highest BCUT2D eigenvalue weighted by Gasteiger charge is 2.49. The molecule has 18 nitrogen and oxygen atoms in total. The third-order valence-electron chi connectivity index (χ3n) is 7.28. The van der Waals surface area contributed by atoms with Crippen LogP contribution in [0.2, 0.25) is 0 Å². The molecular formula is C21H34N10O8. The average Bonchev–Trinajstić information content (AvgIpc) is 3.57. The number of aromatic nitrogens is 6. The van der Waals surface area contributed by atoms with Crippen molar-refractivity contribution >= 4 is 23.8 Å². The number of anilines is 4. The van der Waals surface area contributed by atoms with Crippen molar-refractivity contribution in [1.82, 2.24) is 29.9 Å². The highest BCUT2D eigenvalue weighted by Crippen LogP contribution is 2.58. The van der Waals surface area contributed by atoms with Crippen molar-refractivity contribution in [2.24, 2.45) is 11.8 Å². The normalized spacial score (nSPS) is 21.8. The summed E-state index contributed by atoms with van der Waals surface area (Å²) >= 11 is 0. The summed E-state index contributed by atoms with van der Waals surface area (Å²) in [6.07, 6.45) is 2.07. The number of fused-ring (bicyclic) bond motifs is 2. The SMILES string of the molecule is OCN(CO)c1nc(C2CC3CC2CC3c2nc(N(CO)CO)nc(N(CO)CO)n2)nc(N(CO)CO)n1. The van der Waals surface area contributed by atoms with Crippen LogP contribution >= 0.6 is 0 Å². The van der Waals surface area contributed by atoms with E-state index in [4.69, 9.17) is 0 Å². The van der Waals surface area contributed by atoms with Gasteiger partial charge in [-0.3, -0.25) is 19.6 Å². The first-order chi connectivity index (χ1) is 18.9. The average molecular weight is 555 g/mol. The minimum atomic E-state index is -0.558. The first kappa shape index (κ1) is 28.9. The quantitative estimate of drug-likeness (QED) is 0.104. The van der Waals surface area contributed by atoms with Crippen molar-refractivity contribution in [3.63, 3.8) is 0 Å². The summed E-state index contributed by atoms with van der Waals surface area (Å²) in [4.78, 5) is 30.6. The van der Waals surface area contributed by atoms with Crippen molar-refractivity contribution in [2.45, 2.75) is 31.1 Å². The van der Waals surface area contributed by atoms with Crippen molar-refractivity contribution in [1.29, 1.82) is 0 Å². The molecule has 0 radical (unpaired) electrons. The van der Waals surface area contributed by atoms with Gasteiger partial charge in [0.2, 0.25) is 23.8 Å².